The molecular weight excluding hydrogens is 999 g/mol. The summed E-state index contributed by atoms with van der Waals surface area (Å²) in [6, 6.07) is 64.3. The van der Waals surface area contributed by atoms with Crippen LogP contribution in [0.4, 0.5) is 17.1 Å². The van der Waals surface area contributed by atoms with E-state index < -0.39 is 5.41 Å². The molecule has 0 N–H and O–H groups in total. The highest BCUT2D eigenvalue weighted by Gasteiger charge is 2.63. The highest BCUT2D eigenvalue weighted by molar-refractivity contribution is 6.70. The molecule has 0 saturated heterocycles. The van der Waals surface area contributed by atoms with E-state index in [1.54, 1.807) is 0 Å². The molecule has 4 bridgehead atoms. The van der Waals surface area contributed by atoms with Crippen molar-refractivity contribution in [1.82, 2.24) is 0 Å². The van der Waals surface area contributed by atoms with E-state index >= 15 is 0 Å². The summed E-state index contributed by atoms with van der Waals surface area (Å²) >= 11 is 0. The van der Waals surface area contributed by atoms with E-state index in [0.717, 1.165) is 87.3 Å². The molecule has 1 nitrogen and oxygen atoms in total. The average Bonchev–Trinajstić information content (AvgIpc) is 1.47. The monoisotopic (exact) mass is 1050 g/mol. The van der Waals surface area contributed by atoms with Gasteiger partial charge in [-0.05, 0) is 217 Å². The van der Waals surface area contributed by atoms with Gasteiger partial charge in [-0.1, -0.05) is 151 Å². The maximum absolute atomic E-state index is 7.22. The minimum Gasteiger partial charge on any atom is -0.310 e. The molecule has 4 saturated carbocycles. The van der Waals surface area contributed by atoms with Gasteiger partial charge in [0, 0.05) is 27.9 Å². The van der Waals surface area contributed by atoms with Crippen LogP contribution in [0.5, 0.6) is 0 Å². The molecule has 10 aromatic carbocycles. The SMILES string of the molecule is [B]c1c([B])c([B])c(-c2cc(-c3c([B])c([B])c([B])c([B])c3[B])c3c(c2)C2(c4c-3ccc(-c3ccc5c(c3)C(C)(C)c3cc(N(c6ccccc6)c6ccccc6)ccc3-5)c4-c3cccc(-c4ccccc4)c3)C3CC4CC(C3)CC2C4)c([B])c1[B]. The number of para-hydroxylation sites is 2. The molecule has 0 heterocycles. The summed E-state index contributed by atoms with van der Waals surface area (Å²) in [5, 5.41) is 0. The predicted molar refractivity (Wildman–Crippen MR) is 363 cm³/mol. The van der Waals surface area contributed by atoms with Crippen LogP contribution in [0.2, 0.25) is 0 Å². The van der Waals surface area contributed by atoms with Crippen molar-refractivity contribution in [1.29, 1.82) is 0 Å². The highest BCUT2D eigenvalue weighted by Crippen LogP contribution is 2.72. The zero-order valence-electron chi connectivity index (χ0n) is 47.3. The Morgan fingerprint density at radius 1 is 0.310 bits per heavy atom. The summed E-state index contributed by atoms with van der Waals surface area (Å²) in [7, 11) is 68.8. The van der Waals surface area contributed by atoms with Crippen molar-refractivity contribution in [2.75, 3.05) is 4.90 Å². The van der Waals surface area contributed by atoms with Crippen LogP contribution in [0.1, 0.15) is 68.2 Å². The molecule has 0 atom stereocenters. The van der Waals surface area contributed by atoms with E-state index in [-0.39, 0.29) is 71.9 Å². The van der Waals surface area contributed by atoms with E-state index in [9.17, 15) is 0 Å². The fourth-order valence-corrected chi connectivity index (χ4v) is 16.7. The van der Waals surface area contributed by atoms with E-state index in [0.29, 0.717) is 28.5 Å². The molecule has 0 unspecified atom stereocenters. The Morgan fingerprint density at radius 3 is 1.36 bits per heavy atom. The van der Waals surface area contributed by atoms with Crippen LogP contribution >= 0.6 is 0 Å². The van der Waals surface area contributed by atoms with E-state index in [1.165, 1.54) is 45.4 Å². The third kappa shape index (κ3) is 7.68. The van der Waals surface area contributed by atoms with Crippen molar-refractivity contribution in [2.24, 2.45) is 23.7 Å². The minimum absolute atomic E-state index is 0.139. The summed E-state index contributed by atoms with van der Waals surface area (Å²) in [6.45, 7) is 4.76. The van der Waals surface area contributed by atoms with Crippen molar-refractivity contribution < 1.29 is 0 Å². The molecule has 4 fully saturated rings. The Balaban J connectivity index is 1.01. The van der Waals surface area contributed by atoms with Crippen molar-refractivity contribution in [2.45, 2.75) is 56.8 Å². The number of hydrogen-bond donors (Lipinski definition) is 0. The molecule has 84 heavy (non-hydrogen) atoms. The van der Waals surface area contributed by atoms with Gasteiger partial charge in [0.1, 0.15) is 78.5 Å². The van der Waals surface area contributed by atoms with E-state index in [2.05, 4.69) is 195 Å². The molecule has 16 rings (SSSR count). The van der Waals surface area contributed by atoms with E-state index in [1.807, 2.05) is 0 Å². The second-order valence-electron chi connectivity index (χ2n) is 25.0. The summed E-state index contributed by atoms with van der Waals surface area (Å²) in [5.41, 5.74) is 23.3. The zero-order valence-corrected chi connectivity index (χ0v) is 47.3. The number of rotatable bonds is 8. The smallest absolute Gasteiger partial charge is 0.113 e. The summed E-state index contributed by atoms with van der Waals surface area (Å²) < 4.78 is 0. The molecule has 0 amide bonds. The standard InChI is InChI=1S/C73H49B10N/c1-72(2)54-34-41(21-23-50(54)51-24-22-48(36-55(51)72)84(46-17-8-4-9-18-46)47-19-10-5-11-20-47)49-25-26-52-59-53(60-64(76)68(80)71(83)69(81)65(60)77)33-43(58-62(74)66(78)70(82)67(79)63(58)75)35-56(59)73(44-28-37-27-38(30-44)31-45(73)29-37)61(52)57(49)42-16-12-15-40(32-42)39-13-6-3-7-14-39/h3-26,32-38,44-45H,27-31H2,1-2H3. The Labute approximate surface area is 508 Å². The Bertz CT molecular complexity index is 4290. The summed E-state index contributed by atoms with van der Waals surface area (Å²) in [5.74, 6) is 1.82. The molecule has 10 aromatic rings. The maximum atomic E-state index is 7.22. The van der Waals surface area contributed by atoms with Gasteiger partial charge in [0.25, 0.3) is 0 Å². The summed E-state index contributed by atoms with van der Waals surface area (Å²) in [6.07, 6.45) is 5.64. The predicted octanol–water partition coefficient (Wildman–Crippen LogP) is 7.46. The van der Waals surface area contributed by atoms with Crippen LogP contribution in [0.25, 0.3) is 77.9 Å². The molecule has 0 aromatic heterocycles. The normalized spacial score (nSPS) is 19.9. The van der Waals surface area contributed by atoms with Crippen LogP contribution in [-0.2, 0) is 10.8 Å². The Kier molecular flexibility index (Phi) is 12.5. The zero-order chi connectivity index (χ0) is 57.8. The molecule has 20 radical (unpaired) electrons. The molecule has 6 aliphatic carbocycles. The number of anilines is 3. The lowest BCUT2D eigenvalue weighted by molar-refractivity contribution is -0.0396. The van der Waals surface area contributed by atoms with Crippen molar-refractivity contribution in [3.8, 4) is 77.9 Å². The lowest BCUT2D eigenvalue weighted by atomic mass is 9.42. The first-order valence-corrected chi connectivity index (χ1v) is 29.3. The quantitative estimate of drug-likeness (QED) is 0.143. The van der Waals surface area contributed by atoms with Gasteiger partial charge in [-0.3, -0.25) is 0 Å². The lowest BCUT2D eigenvalue weighted by Crippen LogP contribution is -2.56. The van der Waals surface area contributed by atoms with Crippen LogP contribution in [-0.4, -0.2) is 78.5 Å². The number of nitrogens with zero attached hydrogens (tertiary/aromatic N) is 1. The first kappa shape index (κ1) is 53.4. The minimum atomic E-state index is -0.508. The van der Waals surface area contributed by atoms with Crippen LogP contribution in [0.15, 0.2) is 176 Å². The third-order valence-electron chi connectivity index (χ3n) is 20.4. The number of fused-ring (bicyclic) bond motifs is 6. The third-order valence-corrected chi connectivity index (χ3v) is 20.4. The average molecular weight is 1050 g/mol. The molecule has 376 valence electrons. The highest BCUT2D eigenvalue weighted by atomic mass is 15.1. The van der Waals surface area contributed by atoms with E-state index in [4.69, 9.17) is 78.5 Å². The molecular formula is C73H49B10N. The second-order valence-corrected chi connectivity index (χ2v) is 25.0. The number of hydrogen-bond acceptors (Lipinski definition) is 1. The van der Waals surface area contributed by atoms with Gasteiger partial charge >= 0.3 is 0 Å². The first-order valence-electron chi connectivity index (χ1n) is 29.3. The van der Waals surface area contributed by atoms with Gasteiger partial charge in [0.05, 0.1) is 0 Å². The van der Waals surface area contributed by atoms with Gasteiger partial charge in [0.15, 0.2) is 0 Å². The Hall–Kier alpha value is -7.35. The molecule has 6 aliphatic rings. The first-order chi connectivity index (χ1) is 40.6. The second kappa shape index (κ2) is 19.6. The van der Waals surface area contributed by atoms with Crippen LogP contribution < -0.4 is 59.5 Å². The topological polar surface area (TPSA) is 3.24 Å². The molecule has 11 heteroatoms. The van der Waals surface area contributed by atoms with Crippen molar-refractivity contribution in [3.05, 3.63) is 198 Å². The van der Waals surface area contributed by atoms with Crippen molar-refractivity contribution >= 4 is 150 Å². The fourth-order valence-electron chi connectivity index (χ4n) is 16.7. The lowest BCUT2D eigenvalue weighted by Gasteiger charge is -2.61. The fraction of sp³-hybridized carbons (Fsp3) is 0.178. The largest absolute Gasteiger partial charge is 0.310 e. The van der Waals surface area contributed by atoms with Crippen LogP contribution in [0.3, 0.4) is 0 Å². The van der Waals surface area contributed by atoms with Crippen LogP contribution in [0, 0.1) is 23.7 Å². The molecule has 1 spiro atoms. The van der Waals surface area contributed by atoms with Gasteiger partial charge in [-0.15, -0.1) is 32.8 Å². The van der Waals surface area contributed by atoms with Gasteiger partial charge in [0.2, 0.25) is 0 Å². The number of benzene rings is 10. The Morgan fingerprint density at radius 2 is 0.774 bits per heavy atom. The van der Waals surface area contributed by atoms with Gasteiger partial charge in [-0.25, -0.2) is 0 Å². The summed E-state index contributed by atoms with van der Waals surface area (Å²) in [4.78, 5) is 2.35. The van der Waals surface area contributed by atoms with Gasteiger partial charge < -0.3 is 4.90 Å². The van der Waals surface area contributed by atoms with Crippen molar-refractivity contribution in [3.63, 3.8) is 0 Å². The molecule has 0 aliphatic heterocycles. The maximum Gasteiger partial charge on any atom is 0.113 e. The van der Waals surface area contributed by atoms with Gasteiger partial charge in [-0.2, -0.15) is 0 Å².